The number of nitriles is 1. The maximum absolute atomic E-state index is 10.1. The summed E-state index contributed by atoms with van der Waals surface area (Å²) in [6.45, 7) is 2.13. The van der Waals surface area contributed by atoms with Crippen molar-refractivity contribution >= 4 is 21.9 Å². The summed E-state index contributed by atoms with van der Waals surface area (Å²) >= 11 is 0. The Hall–Kier alpha value is -3.90. The van der Waals surface area contributed by atoms with Gasteiger partial charge < -0.3 is 4.42 Å². The number of aryl methyl sites for hydroxylation is 2. The summed E-state index contributed by atoms with van der Waals surface area (Å²) in [7, 11) is 2.07. The standard InChI is InChI=1S/C36H35N2O/c1-24-8-14-29-30-15-13-28(23-37)33(35(30)39-34(29)32(24)31-7-3-6-22-38(31)2)27-11-9-25(10-12-27)26-16-20-36(21-17-26)18-4-5-19-36/h3,6-15,22,26H,4-5,16-21H2,1-2H3/q+1. The molecule has 2 aromatic heterocycles. The van der Waals surface area contributed by atoms with E-state index in [2.05, 4.69) is 79.3 Å². The first-order valence-corrected chi connectivity index (χ1v) is 14.5. The van der Waals surface area contributed by atoms with Crippen molar-refractivity contribution in [2.45, 2.75) is 64.2 Å². The fourth-order valence-corrected chi connectivity index (χ4v) is 7.59. The zero-order valence-electron chi connectivity index (χ0n) is 23.0. The zero-order chi connectivity index (χ0) is 26.6. The van der Waals surface area contributed by atoms with Crippen LogP contribution in [0.1, 0.15) is 74.0 Å². The van der Waals surface area contributed by atoms with Gasteiger partial charge >= 0.3 is 0 Å². The average Bonchev–Trinajstić information content (AvgIpc) is 3.58. The van der Waals surface area contributed by atoms with Gasteiger partial charge in [-0.25, -0.2) is 4.57 Å². The second kappa shape index (κ2) is 9.38. The lowest BCUT2D eigenvalue weighted by atomic mass is 9.68. The number of hydrogen-bond acceptors (Lipinski definition) is 2. The van der Waals surface area contributed by atoms with Crippen LogP contribution in [0, 0.1) is 23.7 Å². The second-order valence-electron chi connectivity index (χ2n) is 12.0. The summed E-state index contributed by atoms with van der Waals surface area (Å²) in [5.74, 6) is 0.653. The van der Waals surface area contributed by atoms with E-state index in [4.69, 9.17) is 4.42 Å². The summed E-state index contributed by atoms with van der Waals surface area (Å²) in [5, 5.41) is 12.2. The molecule has 0 bridgehead atoms. The van der Waals surface area contributed by atoms with Crippen LogP contribution in [0.15, 0.2) is 77.3 Å². The number of fused-ring (bicyclic) bond motifs is 3. The fraction of sp³-hybridized carbons (Fsp3) is 0.333. The fourth-order valence-electron chi connectivity index (χ4n) is 7.59. The van der Waals surface area contributed by atoms with Gasteiger partial charge in [0.15, 0.2) is 6.20 Å². The Morgan fingerprint density at radius 3 is 2.21 bits per heavy atom. The maximum atomic E-state index is 10.1. The third kappa shape index (κ3) is 3.97. The highest BCUT2D eigenvalue weighted by molar-refractivity contribution is 6.14. The number of aromatic nitrogens is 1. The highest BCUT2D eigenvalue weighted by atomic mass is 16.3. The minimum atomic E-state index is 0.652. The molecule has 0 aliphatic heterocycles. The van der Waals surface area contributed by atoms with Gasteiger partial charge in [0.25, 0.3) is 0 Å². The highest BCUT2D eigenvalue weighted by Gasteiger charge is 2.37. The van der Waals surface area contributed by atoms with Crippen LogP contribution in [0.4, 0.5) is 0 Å². The highest BCUT2D eigenvalue weighted by Crippen LogP contribution is 2.52. The first-order valence-electron chi connectivity index (χ1n) is 14.5. The monoisotopic (exact) mass is 511 g/mol. The van der Waals surface area contributed by atoms with Crippen LogP contribution >= 0.6 is 0 Å². The van der Waals surface area contributed by atoms with Gasteiger partial charge in [-0.05, 0) is 91.7 Å². The molecular weight excluding hydrogens is 476 g/mol. The molecule has 2 heterocycles. The van der Waals surface area contributed by atoms with Crippen molar-refractivity contribution in [1.82, 2.24) is 0 Å². The van der Waals surface area contributed by atoms with Crippen molar-refractivity contribution in [3.63, 3.8) is 0 Å². The van der Waals surface area contributed by atoms with Gasteiger partial charge in [0, 0.05) is 28.5 Å². The second-order valence-corrected chi connectivity index (χ2v) is 12.0. The zero-order valence-corrected chi connectivity index (χ0v) is 23.0. The molecule has 3 aromatic carbocycles. The van der Waals surface area contributed by atoms with Crippen LogP contribution in [0.3, 0.4) is 0 Å². The van der Waals surface area contributed by atoms with E-state index >= 15 is 0 Å². The lowest BCUT2D eigenvalue weighted by Gasteiger charge is -2.37. The smallest absolute Gasteiger partial charge is 0.216 e. The molecule has 2 saturated carbocycles. The number of nitrogens with zero attached hydrogens (tertiary/aromatic N) is 2. The van der Waals surface area contributed by atoms with E-state index in [1.54, 1.807) is 0 Å². The van der Waals surface area contributed by atoms with E-state index in [-0.39, 0.29) is 0 Å². The van der Waals surface area contributed by atoms with Crippen molar-refractivity contribution in [3.05, 3.63) is 89.6 Å². The van der Waals surface area contributed by atoms with Crippen LogP contribution in [-0.2, 0) is 7.05 Å². The largest absolute Gasteiger partial charge is 0.454 e. The Labute approximate surface area is 230 Å². The molecule has 3 heteroatoms. The van der Waals surface area contributed by atoms with Gasteiger partial charge in [0.2, 0.25) is 5.69 Å². The molecule has 0 saturated heterocycles. The predicted molar refractivity (Wildman–Crippen MR) is 157 cm³/mol. The first kappa shape index (κ1) is 24.2. The van der Waals surface area contributed by atoms with Gasteiger partial charge in [-0.1, -0.05) is 49.2 Å². The van der Waals surface area contributed by atoms with E-state index in [0.717, 1.165) is 44.3 Å². The number of rotatable bonds is 3. The molecule has 39 heavy (non-hydrogen) atoms. The Morgan fingerprint density at radius 2 is 1.51 bits per heavy atom. The van der Waals surface area contributed by atoms with Crippen LogP contribution in [0.25, 0.3) is 44.3 Å². The van der Waals surface area contributed by atoms with Crippen molar-refractivity contribution in [3.8, 4) is 28.5 Å². The summed E-state index contributed by atoms with van der Waals surface area (Å²) in [6, 6.07) is 26.0. The van der Waals surface area contributed by atoms with Gasteiger partial charge in [0.1, 0.15) is 18.2 Å². The van der Waals surface area contributed by atoms with Crippen molar-refractivity contribution in [2.75, 3.05) is 0 Å². The molecular formula is C36H35N2O+. The molecule has 2 aliphatic rings. The molecule has 2 fully saturated rings. The molecule has 1 spiro atoms. The summed E-state index contributed by atoms with van der Waals surface area (Å²) in [5.41, 5.74) is 9.74. The molecule has 194 valence electrons. The predicted octanol–water partition coefficient (Wildman–Crippen LogP) is 9.14. The Kier molecular flexibility index (Phi) is 5.81. The summed E-state index contributed by atoms with van der Waals surface area (Å²) in [6.07, 6.45) is 13.2. The number of furan rings is 1. The quantitative estimate of drug-likeness (QED) is 0.227. The van der Waals surface area contributed by atoms with Gasteiger partial charge in [-0.2, -0.15) is 5.26 Å². The van der Waals surface area contributed by atoms with Gasteiger partial charge in [0.05, 0.1) is 17.2 Å². The van der Waals surface area contributed by atoms with E-state index in [9.17, 15) is 5.26 Å². The Morgan fingerprint density at radius 1 is 0.821 bits per heavy atom. The average molecular weight is 512 g/mol. The third-order valence-corrected chi connectivity index (χ3v) is 9.83. The van der Waals surface area contributed by atoms with E-state index < -0.39 is 0 Å². The topological polar surface area (TPSA) is 40.8 Å². The number of benzene rings is 3. The molecule has 0 unspecified atom stereocenters. The number of hydrogen-bond donors (Lipinski definition) is 0. The van der Waals surface area contributed by atoms with Crippen LogP contribution in [-0.4, -0.2) is 0 Å². The van der Waals surface area contributed by atoms with Crippen LogP contribution in [0.5, 0.6) is 0 Å². The maximum Gasteiger partial charge on any atom is 0.216 e. The lowest BCUT2D eigenvalue weighted by Crippen LogP contribution is -2.30. The van der Waals surface area contributed by atoms with Crippen LogP contribution in [0.2, 0.25) is 0 Å². The summed E-state index contributed by atoms with van der Waals surface area (Å²) < 4.78 is 8.87. The van der Waals surface area contributed by atoms with E-state index in [1.807, 2.05) is 18.2 Å². The van der Waals surface area contributed by atoms with Gasteiger partial charge in [-0.3, -0.25) is 0 Å². The van der Waals surface area contributed by atoms with Crippen molar-refractivity contribution < 1.29 is 8.98 Å². The lowest BCUT2D eigenvalue weighted by molar-refractivity contribution is -0.660. The van der Waals surface area contributed by atoms with E-state index in [0.29, 0.717) is 16.9 Å². The molecule has 0 atom stereocenters. The van der Waals surface area contributed by atoms with Crippen LogP contribution < -0.4 is 4.57 Å². The SMILES string of the molecule is Cc1ccc2c(oc3c(-c4ccc(C5CCC6(CCCC6)CC5)cc4)c(C#N)ccc32)c1-c1cccc[n+]1C. The molecule has 0 amide bonds. The summed E-state index contributed by atoms with van der Waals surface area (Å²) in [4.78, 5) is 0. The normalized spacial score (nSPS) is 17.3. The Bertz CT molecular complexity index is 1740. The minimum Gasteiger partial charge on any atom is -0.454 e. The Balaban J connectivity index is 1.32. The van der Waals surface area contributed by atoms with Gasteiger partial charge in [-0.15, -0.1) is 0 Å². The molecule has 0 radical (unpaired) electrons. The molecule has 7 rings (SSSR count). The first-order chi connectivity index (χ1) is 19.1. The number of pyridine rings is 1. The molecule has 3 nitrogen and oxygen atoms in total. The van der Waals surface area contributed by atoms with Crippen molar-refractivity contribution in [2.24, 2.45) is 12.5 Å². The third-order valence-electron chi connectivity index (χ3n) is 9.83. The molecule has 0 N–H and O–H groups in total. The minimum absolute atomic E-state index is 0.652. The molecule has 5 aromatic rings. The molecule has 2 aliphatic carbocycles. The van der Waals surface area contributed by atoms with E-state index in [1.165, 1.54) is 62.5 Å². The van der Waals surface area contributed by atoms with Crippen molar-refractivity contribution in [1.29, 1.82) is 5.26 Å².